The normalized spacial score (nSPS) is 31.1. The van der Waals surface area contributed by atoms with Crippen molar-refractivity contribution in [3.05, 3.63) is 59.2 Å². The molecule has 4 saturated carbocycles. The maximum atomic E-state index is 4.89. The first-order valence-corrected chi connectivity index (χ1v) is 28.6. The molecule has 4 unspecified atom stereocenters. The summed E-state index contributed by atoms with van der Waals surface area (Å²) in [6.07, 6.45) is 21.0. The minimum Gasteiger partial charge on any atom is -0.311 e. The second-order valence-electron chi connectivity index (χ2n) is 16.7. The number of aromatic nitrogens is 2. The predicted octanol–water partition coefficient (Wildman–Crippen LogP) is 6.91. The number of nitrogens with one attached hydrogen (secondary N) is 8. The van der Waals surface area contributed by atoms with Crippen molar-refractivity contribution in [2.45, 2.75) is 177 Å². The average Bonchev–Trinajstić information content (AvgIpc) is 3.26. The smallest absolute Gasteiger partial charge is 0.0545 e. The van der Waals surface area contributed by atoms with Crippen LogP contribution in [0.1, 0.15) is 126 Å². The molecule has 330 valence electrons. The first-order valence-electron chi connectivity index (χ1n) is 22.1. The minimum atomic E-state index is 0.00694. The van der Waals surface area contributed by atoms with Crippen molar-refractivity contribution in [2.75, 3.05) is 26.2 Å². The molecular weight excluding hydrogens is 896 g/mol. The molecule has 6 aliphatic rings. The van der Waals surface area contributed by atoms with E-state index < -0.39 is 0 Å². The number of hydrogen-bond donors (Lipinski definition) is 8. The average molecular weight is 967 g/mol. The van der Waals surface area contributed by atoms with Gasteiger partial charge in [0.2, 0.25) is 0 Å². The maximum absolute atomic E-state index is 4.89. The molecule has 4 aliphatic carbocycles. The van der Waals surface area contributed by atoms with Gasteiger partial charge in [-0.15, -0.1) is 0 Å². The van der Waals surface area contributed by atoms with Crippen molar-refractivity contribution in [1.82, 2.24) is 52.5 Å². The van der Waals surface area contributed by atoms with E-state index in [1.54, 1.807) is 0 Å². The monoisotopic (exact) mass is 964 g/mol. The van der Waals surface area contributed by atoms with Crippen LogP contribution in [-0.4, -0.2) is 84.5 Å². The molecular formula is C42H70Cl4Mn2N10. The van der Waals surface area contributed by atoms with Crippen LogP contribution in [-0.2, 0) is 52.4 Å². The maximum Gasteiger partial charge on any atom is 0.0545 e. The number of halogens is 4. The second-order valence-corrected chi connectivity index (χ2v) is 20.6. The third-order valence-electron chi connectivity index (χ3n) is 12.9. The molecule has 8 N–H and O–H groups in total. The van der Waals surface area contributed by atoms with Gasteiger partial charge < -0.3 is 42.5 Å². The summed E-state index contributed by atoms with van der Waals surface area (Å²) in [5.74, 6) is 0. The molecule has 10 nitrogen and oxygen atoms in total. The Morgan fingerprint density at radius 2 is 0.534 bits per heavy atom. The molecule has 4 fully saturated rings. The molecule has 0 spiro atoms. The van der Waals surface area contributed by atoms with E-state index in [2.05, 4.69) is 78.9 Å². The van der Waals surface area contributed by atoms with Crippen molar-refractivity contribution < 1.29 is 26.3 Å². The van der Waals surface area contributed by atoms with E-state index in [-0.39, 0.29) is 26.3 Å². The summed E-state index contributed by atoms with van der Waals surface area (Å²) >= 11 is 0.0139. The van der Waals surface area contributed by atoms with E-state index in [0.717, 1.165) is 52.4 Å². The first kappa shape index (κ1) is 49.2. The molecule has 2 aromatic rings. The van der Waals surface area contributed by atoms with Gasteiger partial charge in [-0.2, -0.15) is 0 Å². The van der Waals surface area contributed by atoms with Crippen LogP contribution in [0.15, 0.2) is 36.4 Å². The van der Waals surface area contributed by atoms with Crippen molar-refractivity contribution in [3.63, 3.8) is 0 Å². The summed E-state index contributed by atoms with van der Waals surface area (Å²) in [6, 6.07) is 17.6. The van der Waals surface area contributed by atoms with E-state index >= 15 is 0 Å². The molecule has 2 aliphatic heterocycles. The zero-order valence-electron chi connectivity index (χ0n) is 34.2. The third-order valence-corrected chi connectivity index (χ3v) is 12.9. The Labute approximate surface area is 379 Å². The van der Waals surface area contributed by atoms with Crippen molar-refractivity contribution in [1.29, 1.82) is 0 Å². The van der Waals surface area contributed by atoms with E-state index in [9.17, 15) is 0 Å². The van der Waals surface area contributed by atoms with Gasteiger partial charge in [0.1, 0.15) is 0 Å². The molecule has 58 heavy (non-hydrogen) atoms. The van der Waals surface area contributed by atoms with Crippen molar-refractivity contribution in [2.24, 2.45) is 0 Å². The van der Waals surface area contributed by atoms with Gasteiger partial charge in [0.15, 0.2) is 0 Å². The first-order chi connectivity index (χ1) is 28.6. The quantitative estimate of drug-likeness (QED) is 0.133. The molecule has 0 radical (unpaired) electrons. The van der Waals surface area contributed by atoms with Crippen LogP contribution in [0.2, 0.25) is 0 Å². The Hall–Kier alpha value is 0.179. The zero-order valence-corrected chi connectivity index (χ0v) is 39.6. The summed E-state index contributed by atoms with van der Waals surface area (Å²) < 4.78 is 0. The standard InChI is InChI=1S/2C21H35N5.4ClH.2Mn/c2*1-3-10-20-18(8-1)22-12-13-23-19-9-2-4-11-21(19)25-15-17-7-5-6-16(26-17)14-24-20;;;;;;/h2*5-7,18-25H,1-4,8-15H2;4*1H;;/q;;;;;;2*+2/p-4/t2*18?,19?,20-,21-;;;;;;/m10....../s1. The Kier molecular flexibility index (Phi) is 25.0. The molecule has 8 atom stereocenters. The van der Waals surface area contributed by atoms with Gasteiger partial charge in [0.25, 0.3) is 0 Å². The Morgan fingerprint density at radius 3 is 0.741 bits per heavy atom. The SMILES string of the molecule is [Cl][Mn][Cl].[Cl][Mn][Cl].c1cc2nc(c1)CN[C@@H]1CCCCC1NCCNC1CCCC[C@H]1NC2.c1cc2nc(c1)CN[C@H]1CCCCC1NCCNC1CCCC[C@@H]1NC2. The van der Waals surface area contributed by atoms with Gasteiger partial charge in [0.05, 0.1) is 22.8 Å². The fourth-order valence-corrected chi connectivity index (χ4v) is 9.90. The molecule has 4 heterocycles. The van der Waals surface area contributed by atoms with Crippen LogP contribution in [0.4, 0.5) is 0 Å². The summed E-state index contributed by atoms with van der Waals surface area (Å²) in [7, 11) is 19.2. The third kappa shape index (κ3) is 17.7. The fourth-order valence-electron chi connectivity index (χ4n) is 9.90. The number of nitrogens with zero attached hydrogens (tertiary/aromatic N) is 2. The molecule has 2 aromatic heterocycles. The van der Waals surface area contributed by atoms with E-state index in [1.165, 1.54) is 126 Å². The number of rotatable bonds is 0. The molecule has 16 heteroatoms. The van der Waals surface area contributed by atoms with E-state index in [0.29, 0.717) is 48.3 Å². The van der Waals surface area contributed by atoms with Crippen LogP contribution < -0.4 is 42.5 Å². The summed E-state index contributed by atoms with van der Waals surface area (Å²) in [5, 5.41) is 30.4. The molecule has 4 bridgehead atoms. The molecule has 0 saturated heterocycles. The van der Waals surface area contributed by atoms with E-state index in [4.69, 9.17) is 50.4 Å². The van der Waals surface area contributed by atoms with E-state index in [1.807, 2.05) is 0 Å². The Balaban J connectivity index is 0.000000195. The van der Waals surface area contributed by atoms with Crippen LogP contribution in [0, 0.1) is 0 Å². The Bertz CT molecular complexity index is 1200. The van der Waals surface area contributed by atoms with Crippen LogP contribution in [0.3, 0.4) is 0 Å². The summed E-state index contributed by atoms with van der Waals surface area (Å²) in [4.78, 5) is 9.79. The van der Waals surface area contributed by atoms with Crippen molar-refractivity contribution in [3.8, 4) is 0 Å². The predicted molar refractivity (Wildman–Crippen MR) is 235 cm³/mol. The van der Waals surface area contributed by atoms with Gasteiger partial charge in [-0.1, -0.05) is 63.5 Å². The summed E-state index contributed by atoms with van der Waals surface area (Å²) in [6.45, 7) is 7.77. The van der Waals surface area contributed by atoms with Crippen molar-refractivity contribution >= 4 is 40.4 Å². The van der Waals surface area contributed by atoms with Gasteiger partial charge in [-0.05, 0) is 75.6 Å². The summed E-state index contributed by atoms with van der Waals surface area (Å²) in [5.41, 5.74) is 4.67. The van der Waals surface area contributed by atoms with Crippen LogP contribution >= 0.6 is 40.4 Å². The largest absolute Gasteiger partial charge is 0.311 e. The van der Waals surface area contributed by atoms with Crippen LogP contribution in [0.5, 0.6) is 0 Å². The zero-order chi connectivity index (χ0) is 40.6. The molecule has 8 rings (SSSR count). The Morgan fingerprint density at radius 1 is 0.345 bits per heavy atom. The number of pyridine rings is 2. The number of hydrogen-bond acceptors (Lipinski definition) is 10. The molecule has 0 amide bonds. The van der Waals surface area contributed by atoms with Gasteiger partial charge in [-0.3, -0.25) is 9.97 Å². The second kappa shape index (κ2) is 29.5. The van der Waals surface area contributed by atoms with Gasteiger partial charge in [-0.25, -0.2) is 0 Å². The fraction of sp³-hybridized carbons (Fsp3) is 0.762. The van der Waals surface area contributed by atoms with Gasteiger partial charge >= 0.3 is 66.7 Å². The molecule has 0 aromatic carbocycles. The van der Waals surface area contributed by atoms with Gasteiger partial charge in [0, 0.05) is 101 Å². The minimum absolute atomic E-state index is 0.00694. The van der Waals surface area contributed by atoms with Crippen LogP contribution in [0.25, 0.3) is 0 Å². The number of fused-ring (bicyclic) bond motifs is 8. The topological polar surface area (TPSA) is 122 Å².